The van der Waals surface area contributed by atoms with E-state index in [1.54, 1.807) is 0 Å². The fraction of sp³-hybridized carbons (Fsp3) is 0. The van der Waals surface area contributed by atoms with Gasteiger partial charge in [0.15, 0.2) is 5.15 Å². The number of aromatic nitrogens is 1. The van der Waals surface area contributed by atoms with Gasteiger partial charge >= 0.3 is 0 Å². The molecule has 0 unspecified atom stereocenters. The lowest BCUT2D eigenvalue weighted by Crippen LogP contribution is -1.92. The molecule has 72 valence electrons. The summed E-state index contributed by atoms with van der Waals surface area (Å²) in [5.41, 5.74) is 5.95. The second-order valence-corrected chi connectivity index (χ2v) is 3.56. The average Bonchev–Trinajstić information content (AvgIpc) is 2.15. The van der Waals surface area contributed by atoms with Crippen LogP contribution in [-0.4, -0.2) is 4.98 Å². The lowest BCUT2D eigenvalue weighted by molar-refractivity contribution is 0.637. The minimum Gasteiger partial charge on any atom is -0.396 e. The second kappa shape index (κ2) is 3.26. The Balaban J connectivity index is 2.94. The van der Waals surface area contributed by atoms with Gasteiger partial charge in [0.05, 0.1) is 10.7 Å². The molecule has 2 rings (SSSR count). The van der Waals surface area contributed by atoms with Crippen molar-refractivity contribution in [2.45, 2.75) is 0 Å². The largest absolute Gasteiger partial charge is 0.396 e. The highest BCUT2D eigenvalue weighted by Gasteiger charge is 2.08. The molecule has 2 N–H and O–H groups in total. The molecule has 2 aromatic rings. The van der Waals surface area contributed by atoms with Crippen molar-refractivity contribution >= 4 is 39.8 Å². The van der Waals surface area contributed by atoms with Crippen LogP contribution in [0.3, 0.4) is 0 Å². The van der Waals surface area contributed by atoms with Gasteiger partial charge in [-0.25, -0.2) is 9.37 Å². The van der Waals surface area contributed by atoms with Crippen LogP contribution in [0.1, 0.15) is 0 Å². The molecular formula is C9H5Cl2FN2. The van der Waals surface area contributed by atoms with Gasteiger partial charge in [0, 0.05) is 5.39 Å². The maximum Gasteiger partial charge on any atom is 0.152 e. The first-order chi connectivity index (χ1) is 6.59. The van der Waals surface area contributed by atoms with E-state index in [-0.39, 0.29) is 16.4 Å². The molecule has 0 amide bonds. The number of pyridine rings is 1. The summed E-state index contributed by atoms with van der Waals surface area (Å²) in [5, 5.41) is 0.949. The van der Waals surface area contributed by atoms with Gasteiger partial charge in [-0.1, -0.05) is 23.2 Å². The van der Waals surface area contributed by atoms with Crippen molar-refractivity contribution in [3.8, 4) is 0 Å². The summed E-state index contributed by atoms with van der Waals surface area (Å²) in [6, 6.07) is 4.20. The van der Waals surface area contributed by atoms with Crippen LogP contribution in [0.2, 0.25) is 10.2 Å². The minimum absolute atomic E-state index is 0.0821. The van der Waals surface area contributed by atoms with Gasteiger partial charge in [0.1, 0.15) is 11.3 Å². The minimum atomic E-state index is -0.466. The van der Waals surface area contributed by atoms with E-state index in [9.17, 15) is 4.39 Å². The Morgan fingerprint density at radius 3 is 2.71 bits per heavy atom. The molecule has 5 heteroatoms. The third kappa shape index (κ3) is 1.38. The highest BCUT2D eigenvalue weighted by Crippen LogP contribution is 2.29. The van der Waals surface area contributed by atoms with Crippen LogP contribution in [0, 0.1) is 5.82 Å². The molecule has 1 aromatic carbocycles. The first kappa shape index (κ1) is 9.49. The van der Waals surface area contributed by atoms with E-state index in [1.165, 1.54) is 18.2 Å². The van der Waals surface area contributed by atoms with E-state index in [2.05, 4.69) is 4.98 Å². The molecule has 0 saturated heterocycles. The normalized spacial score (nSPS) is 10.8. The zero-order valence-electron chi connectivity index (χ0n) is 6.89. The number of nitrogens with two attached hydrogens (primary N) is 1. The third-order valence-corrected chi connectivity index (χ3v) is 2.49. The zero-order chi connectivity index (χ0) is 10.3. The molecule has 1 heterocycles. The van der Waals surface area contributed by atoms with Gasteiger partial charge in [-0.2, -0.15) is 0 Å². The summed E-state index contributed by atoms with van der Waals surface area (Å²) >= 11 is 11.5. The number of fused-ring (bicyclic) bond motifs is 1. The molecule has 0 atom stereocenters. The second-order valence-electron chi connectivity index (χ2n) is 2.79. The molecular weight excluding hydrogens is 226 g/mol. The molecule has 0 bridgehead atoms. The summed E-state index contributed by atoms with van der Waals surface area (Å²) in [5.74, 6) is -0.466. The molecule has 14 heavy (non-hydrogen) atoms. The van der Waals surface area contributed by atoms with Crippen molar-refractivity contribution in [3.05, 3.63) is 34.2 Å². The number of rotatable bonds is 0. The molecule has 0 aliphatic heterocycles. The number of hydrogen-bond donors (Lipinski definition) is 1. The summed E-state index contributed by atoms with van der Waals surface area (Å²) in [6.07, 6.45) is 0. The van der Waals surface area contributed by atoms with E-state index in [0.717, 1.165) is 0 Å². The highest BCUT2D eigenvalue weighted by atomic mass is 35.5. The van der Waals surface area contributed by atoms with Crippen LogP contribution >= 0.6 is 23.2 Å². The summed E-state index contributed by atoms with van der Waals surface area (Å²) in [7, 11) is 0. The molecule has 0 aliphatic rings. The molecule has 0 saturated carbocycles. The van der Waals surface area contributed by atoms with Gasteiger partial charge in [0.2, 0.25) is 0 Å². The summed E-state index contributed by atoms with van der Waals surface area (Å²) in [6.45, 7) is 0. The van der Waals surface area contributed by atoms with Crippen LogP contribution in [0.15, 0.2) is 18.2 Å². The van der Waals surface area contributed by atoms with Gasteiger partial charge in [-0.05, 0) is 18.2 Å². The van der Waals surface area contributed by atoms with Crippen molar-refractivity contribution in [2.24, 2.45) is 0 Å². The van der Waals surface area contributed by atoms with Crippen molar-refractivity contribution in [1.29, 1.82) is 0 Å². The number of benzene rings is 1. The Morgan fingerprint density at radius 1 is 1.29 bits per heavy atom. The van der Waals surface area contributed by atoms with Crippen molar-refractivity contribution in [1.82, 2.24) is 4.98 Å². The Morgan fingerprint density at radius 2 is 2.00 bits per heavy atom. The molecule has 0 aliphatic carbocycles. The van der Waals surface area contributed by atoms with Crippen molar-refractivity contribution in [3.63, 3.8) is 0 Å². The monoisotopic (exact) mass is 230 g/mol. The van der Waals surface area contributed by atoms with Gasteiger partial charge in [-0.15, -0.1) is 0 Å². The SMILES string of the molecule is Nc1cc2c(Cl)ccc(F)c2nc1Cl. The van der Waals surface area contributed by atoms with Crippen LogP contribution in [0.4, 0.5) is 10.1 Å². The third-order valence-electron chi connectivity index (χ3n) is 1.86. The number of halogens is 3. The predicted molar refractivity (Wildman–Crippen MR) is 56.1 cm³/mol. The van der Waals surface area contributed by atoms with E-state index < -0.39 is 5.82 Å². The fourth-order valence-electron chi connectivity index (χ4n) is 1.19. The first-order valence-corrected chi connectivity index (χ1v) is 4.55. The summed E-state index contributed by atoms with van der Waals surface area (Å²) < 4.78 is 13.3. The topological polar surface area (TPSA) is 38.9 Å². The first-order valence-electron chi connectivity index (χ1n) is 3.79. The van der Waals surface area contributed by atoms with Crippen LogP contribution < -0.4 is 5.73 Å². The Kier molecular flexibility index (Phi) is 2.21. The lowest BCUT2D eigenvalue weighted by Gasteiger charge is -2.03. The van der Waals surface area contributed by atoms with Gasteiger partial charge < -0.3 is 5.73 Å². The van der Waals surface area contributed by atoms with E-state index in [0.29, 0.717) is 10.4 Å². The number of hydrogen-bond acceptors (Lipinski definition) is 2. The molecule has 2 nitrogen and oxygen atoms in total. The Hall–Kier alpha value is -1.06. The maximum absolute atomic E-state index is 13.3. The van der Waals surface area contributed by atoms with Crippen molar-refractivity contribution < 1.29 is 4.39 Å². The van der Waals surface area contributed by atoms with E-state index in [4.69, 9.17) is 28.9 Å². The standard InChI is InChI=1S/C9H5Cl2FN2/c10-5-1-2-6(12)8-4(5)3-7(13)9(11)14-8/h1-3H,13H2. The Labute approximate surface area is 89.4 Å². The van der Waals surface area contributed by atoms with Crippen LogP contribution in [0.25, 0.3) is 10.9 Å². The van der Waals surface area contributed by atoms with E-state index >= 15 is 0 Å². The van der Waals surface area contributed by atoms with Crippen molar-refractivity contribution in [2.75, 3.05) is 5.73 Å². The van der Waals surface area contributed by atoms with Gasteiger partial charge in [-0.3, -0.25) is 0 Å². The fourth-order valence-corrected chi connectivity index (χ4v) is 1.53. The molecule has 1 aromatic heterocycles. The maximum atomic E-state index is 13.3. The van der Waals surface area contributed by atoms with Crippen LogP contribution in [0.5, 0.6) is 0 Å². The number of anilines is 1. The number of nitrogens with zero attached hydrogens (tertiary/aromatic N) is 1. The Bertz CT molecular complexity index is 467. The number of nitrogen functional groups attached to an aromatic ring is 1. The molecule has 0 spiro atoms. The lowest BCUT2D eigenvalue weighted by atomic mass is 10.2. The quantitative estimate of drug-likeness (QED) is 0.706. The predicted octanol–water partition coefficient (Wildman–Crippen LogP) is 3.26. The zero-order valence-corrected chi connectivity index (χ0v) is 8.40. The van der Waals surface area contributed by atoms with E-state index in [1.807, 2.05) is 0 Å². The summed E-state index contributed by atoms with van der Waals surface area (Å²) in [4.78, 5) is 3.82. The highest BCUT2D eigenvalue weighted by molar-refractivity contribution is 6.36. The molecule has 0 radical (unpaired) electrons. The van der Waals surface area contributed by atoms with Gasteiger partial charge in [0.25, 0.3) is 0 Å². The van der Waals surface area contributed by atoms with Crippen LogP contribution in [-0.2, 0) is 0 Å². The smallest absolute Gasteiger partial charge is 0.152 e. The molecule has 0 fully saturated rings. The average molecular weight is 231 g/mol.